The van der Waals surface area contributed by atoms with E-state index in [4.69, 9.17) is 16.9 Å². The average Bonchev–Trinajstić information content (AvgIpc) is 3.02. The van der Waals surface area contributed by atoms with Crippen LogP contribution in [0.2, 0.25) is 5.02 Å². The number of amides is 1. The molecule has 1 N–H and O–H groups in total. The number of rotatable bonds is 4. The van der Waals surface area contributed by atoms with Gasteiger partial charge in [-0.15, -0.1) is 0 Å². The maximum atomic E-state index is 12.8. The van der Waals surface area contributed by atoms with E-state index >= 15 is 0 Å². The number of nitrogens with zero attached hydrogens (tertiary/aromatic N) is 4. The lowest BCUT2D eigenvalue weighted by atomic mass is 10.2. The number of hydrogen-bond donors (Lipinski definition) is 1. The first-order valence-corrected chi connectivity index (χ1v) is 10.2. The number of sulfonamides is 1. The van der Waals surface area contributed by atoms with Crippen LogP contribution < -0.4 is 5.32 Å². The van der Waals surface area contributed by atoms with Gasteiger partial charge in [-0.3, -0.25) is 9.48 Å². The van der Waals surface area contributed by atoms with Crippen LogP contribution in [0, 0.1) is 11.3 Å². The van der Waals surface area contributed by atoms with Crippen LogP contribution in [0.15, 0.2) is 29.3 Å². The maximum absolute atomic E-state index is 12.8. The van der Waals surface area contributed by atoms with Crippen LogP contribution in [0.5, 0.6) is 0 Å². The van der Waals surface area contributed by atoms with E-state index in [1.807, 2.05) is 6.07 Å². The third-order valence-corrected chi connectivity index (χ3v) is 6.65. The summed E-state index contributed by atoms with van der Waals surface area (Å²) < 4.78 is 28.5. The zero-order valence-electron chi connectivity index (χ0n) is 14.6. The van der Waals surface area contributed by atoms with Crippen molar-refractivity contribution >= 4 is 33.3 Å². The second-order valence-corrected chi connectivity index (χ2v) is 8.55. The van der Waals surface area contributed by atoms with E-state index in [0.717, 1.165) is 19.3 Å². The topological polar surface area (TPSA) is 108 Å². The SMILES string of the molecule is Cn1ncc(C#N)c1NC(=O)c1cc(S(=O)(=O)N2CCCCC2)ccc1Cl. The first-order chi connectivity index (χ1) is 12.8. The highest BCUT2D eigenvalue weighted by Gasteiger charge is 2.27. The molecule has 1 amide bonds. The summed E-state index contributed by atoms with van der Waals surface area (Å²) in [5, 5.41) is 15.7. The van der Waals surface area contributed by atoms with Gasteiger partial charge in [0, 0.05) is 20.1 Å². The molecule has 0 atom stereocenters. The molecule has 0 spiro atoms. The third-order valence-electron chi connectivity index (χ3n) is 4.43. The average molecular weight is 408 g/mol. The molecule has 1 aromatic heterocycles. The molecule has 1 saturated heterocycles. The van der Waals surface area contributed by atoms with E-state index in [2.05, 4.69) is 10.4 Å². The Morgan fingerprint density at radius 1 is 1.30 bits per heavy atom. The molecule has 0 bridgehead atoms. The van der Waals surface area contributed by atoms with Gasteiger partial charge in [-0.05, 0) is 31.0 Å². The lowest BCUT2D eigenvalue weighted by molar-refractivity contribution is 0.102. The third kappa shape index (κ3) is 3.83. The Hall–Kier alpha value is -2.41. The summed E-state index contributed by atoms with van der Waals surface area (Å²) in [6.07, 6.45) is 3.97. The molecule has 142 valence electrons. The van der Waals surface area contributed by atoms with Crippen LogP contribution in [0.25, 0.3) is 0 Å². The molecule has 2 aromatic rings. The van der Waals surface area contributed by atoms with Crippen LogP contribution in [0.4, 0.5) is 5.82 Å². The van der Waals surface area contributed by atoms with Gasteiger partial charge in [-0.25, -0.2) is 8.42 Å². The molecule has 1 aromatic carbocycles. The van der Waals surface area contributed by atoms with Crippen molar-refractivity contribution in [3.05, 3.63) is 40.5 Å². The number of halogens is 1. The maximum Gasteiger partial charge on any atom is 0.258 e. The van der Waals surface area contributed by atoms with Crippen LogP contribution in [-0.4, -0.2) is 41.5 Å². The summed E-state index contributed by atoms with van der Waals surface area (Å²) in [7, 11) is -2.11. The summed E-state index contributed by atoms with van der Waals surface area (Å²) in [6.45, 7) is 0.931. The number of benzene rings is 1. The van der Waals surface area contributed by atoms with Crippen molar-refractivity contribution in [2.24, 2.45) is 7.05 Å². The number of nitriles is 1. The van der Waals surface area contributed by atoms with Gasteiger partial charge in [-0.2, -0.15) is 14.7 Å². The smallest absolute Gasteiger partial charge is 0.258 e. The van der Waals surface area contributed by atoms with E-state index < -0.39 is 15.9 Å². The van der Waals surface area contributed by atoms with Gasteiger partial charge in [-0.1, -0.05) is 18.0 Å². The van der Waals surface area contributed by atoms with E-state index in [1.54, 1.807) is 7.05 Å². The highest BCUT2D eigenvalue weighted by Crippen LogP contribution is 2.26. The standard InChI is InChI=1S/C17H18ClN5O3S/c1-22-16(12(10-19)11-20-22)21-17(24)14-9-13(5-6-15(14)18)27(25,26)23-7-3-2-4-8-23/h5-6,9,11H,2-4,7-8H2,1H3,(H,21,24). The van der Waals surface area contributed by atoms with Crippen LogP contribution in [0.3, 0.4) is 0 Å². The number of anilines is 1. The van der Waals surface area contributed by atoms with Crippen molar-refractivity contribution in [1.82, 2.24) is 14.1 Å². The fourth-order valence-corrected chi connectivity index (χ4v) is 4.68. The summed E-state index contributed by atoms with van der Waals surface area (Å²) >= 11 is 6.12. The Kier molecular flexibility index (Phi) is 5.51. The Bertz CT molecular complexity index is 1020. The molecule has 0 unspecified atom stereocenters. The Morgan fingerprint density at radius 2 is 2.00 bits per heavy atom. The molecule has 0 aliphatic carbocycles. The molecule has 27 heavy (non-hydrogen) atoms. The van der Waals surface area contributed by atoms with Crippen molar-refractivity contribution < 1.29 is 13.2 Å². The lowest BCUT2D eigenvalue weighted by Crippen LogP contribution is -2.35. The molecule has 2 heterocycles. The molecule has 1 aliphatic heterocycles. The number of aromatic nitrogens is 2. The Balaban J connectivity index is 1.92. The number of aryl methyl sites for hydroxylation is 1. The molecule has 10 heteroatoms. The summed E-state index contributed by atoms with van der Waals surface area (Å²) in [4.78, 5) is 12.7. The van der Waals surface area contributed by atoms with E-state index in [-0.39, 0.29) is 26.9 Å². The monoisotopic (exact) mass is 407 g/mol. The molecule has 1 fully saturated rings. The molecule has 3 rings (SSSR count). The van der Waals surface area contributed by atoms with Gasteiger partial charge in [0.1, 0.15) is 17.5 Å². The van der Waals surface area contributed by atoms with Crippen LogP contribution >= 0.6 is 11.6 Å². The van der Waals surface area contributed by atoms with Crippen molar-refractivity contribution in [2.45, 2.75) is 24.2 Å². The number of carbonyl (C=O) groups is 1. The number of hydrogen-bond acceptors (Lipinski definition) is 5. The van der Waals surface area contributed by atoms with Gasteiger partial charge in [0.2, 0.25) is 10.0 Å². The predicted octanol–water partition coefficient (Wildman–Crippen LogP) is 2.37. The zero-order valence-corrected chi connectivity index (χ0v) is 16.2. The Morgan fingerprint density at radius 3 is 2.67 bits per heavy atom. The first kappa shape index (κ1) is 19.4. The van der Waals surface area contributed by atoms with Crippen LogP contribution in [-0.2, 0) is 17.1 Å². The second-order valence-electron chi connectivity index (χ2n) is 6.20. The quantitative estimate of drug-likeness (QED) is 0.836. The van der Waals surface area contributed by atoms with Gasteiger partial charge < -0.3 is 5.32 Å². The molecule has 0 saturated carbocycles. The van der Waals surface area contributed by atoms with Gasteiger partial charge >= 0.3 is 0 Å². The minimum atomic E-state index is -3.69. The largest absolute Gasteiger partial charge is 0.306 e. The molecule has 0 radical (unpaired) electrons. The Labute approximate surface area is 162 Å². The second kappa shape index (κ2) is 7.68. The van der Waals surface area contributed by atoms with Crippen LogP contribution in [0.1, 0.15) is 35.2 Å². The molecular weight excluding hydrogens is 390 g/mol. The van der Waals surface area contributed by atoms with Gasteiger partial charge in [0.05, 0.1) is 21.7 Å². The summed E-state index contributed by atoms with van der Waals surface area (Å²) in [5.74, 6) is -0.404. The van der Waals surface area contributed by atoms with Crippen molar-refractivity contribution in [1.29, 1.82) is 5.26 Å². The fourth-order valence-electron chi connectivity index (χ4n) is 2.94. The van der Waals surface area contributed by atoms with E-state index in [9.17, 15) is 13.2 Å². The van der Waals surface area contributed by atoms with E-state index in [0.29, 0.717) is 13.1 Å². The van der Waals surface area contributed by atoms with Crippen molar-refractivity contribution in [3.8, 4) is 6.07 Å². The van der Waals surface area contributed by atoms with Crippen molar-refractivity contribution in [2.75, 3.05) is 18.4 Å². The van der Waals surface area contributed by atoms with Crippen molar-refractivity contribution in [3.63, 3.8) is 0 Å². The normalized spacial score (nSPS) is 15.3. The minimum absolute atomic E-state index is 0.0137. The summed E-state index contributed by atoms with van der Waals surface area (Å²) in [6, 6.07) is 5.99. The highest BCUT2D eigenvalue weighted by atomic mass is 35.5. The minimum Gasteiger partial charge on any atom is -0.306 e. The van der Waals surface area contributed by atoms with Gasteiger partial charge in [0.15, 0.2) is 0 Å². The fraction of sp³-hybridized carbons (Fsp3) is 0.353. The lowest BCUT2D eigenvalue weighted by Gasteiger charge is -2.26. The van der Waals surface area contributed by atoms with E-state index in [1.165, 1.54) is 33.4 Å². The molecular formula is C17H18ClN5O3S. The molecule has 1 aliphatic rings. The summed E-state index contributed by atoms with van der Waals surface area (Å²) in [5.41, 5.74) is 0.207. The highest BCUT2D eigenvalue weighted by molar-refractivity contribution is 7.89. The van der Waals surface area contributed by atoms with Gasteiger partial charge in [0.25, 0.3) is 5.91 Å². The zero-order chi connectivity index (χ0) is 19.6. The molecule has 8 nitrogen and oxygen atoms in total. The predicted molar refractivity (Wildman–Crippen MR) is 99.9 cm³/mol. The first-order valence-electron chi connectivity index (χ1n) is 8.37. The number of nitrogens with one attached hydrogen (secondary N) is 1. The number of piperidine rings is 1. The number of carbonyl (C=O) groups excluding carboxylic acids is 1.